The number of hydrogen-bond acceptors (Lipinski definition) is 5. The second-order valence-corrected chi connectivity index (χ2v) is 6.66. The number of hydrogen-bond donors (Lipinski definition) is 1. The van der Waals surface area contributed by atoms with Gasteiger partial charge in [-0.05, 0) is 45.4 Å². The third-order valence-electron chi connectivity index (χ3n) is 4.67. The first-order valence-electron chi connectivity index (χ1n) is 8.54. The van der Waals surface area contributed by atoms with Gasteiger partial charge in [-0.15, -0.1) is 0 Å². The zero-order valence-electron chi connectivity index (χ0n) is 14.0. The molecule has 1 saturated heterocycles. The van der Waals surface area contributed by atoms with Gasteiger partial charge >= 0.3 is 0 Å². The number of aryl methyl sites for hydroxylation is 2. The molecule has 2 aliphatic rings. The molecule has 6 heteroatoms. The molecule has 0 aromatic carbocycles. The third-order valence-corrected chi connectivity index (χ3v) is 4.67. The van der Waals surface area contributed by atoms with E-state index >= 15 is 0 Å². The van der Waals surface area contributed by atoms with Crippen molar-refractivity contribution in [1.29, 1.82) is 0 Å². The van der Waals surface area contributed by atoms with Crippen molar-refractivity contribution in [2.24, 2.45) is 5.92 Å². The van der Waals surface area contributed by atoms with Gasteiger partial charge in [0.2, 0.25) is 5.91 Å². The predicted octanol–water partition coefficient (Wildman–Crippen LogP) is 1.92. The number of carbonyl (C=O) groups excluding carboxylic acids is 1. The Balaban J connectivity index is 1.46. The molecule has 1 aliphatic heterocycles. The van der Waals surface area contributed by atoms with Gasteiger partial charge in [0.25, 0.3) is 0 Å². The van der Waals surface area contributed by atoms with E-state index in [4.69, 9.17) is 14.0 Å². The van der Waals surface area contributed by atoms with Crippen LogP contribution in [0.2, 0.25) is 0 Å². The molecule has 1 N–H and O–H groups in total. The van der Waals surface area contributed by atoms with Crippen LogP contribution in [0.3, 0.4) is 0 Å². The van der Waals surface area contributed by atoms with Crippen LogP contribution in [0.15, 0.2) is 4.52 Å². The van der Waals surface area contributed by atoms with Crippen molar-refractivity contribution in [3.63, 3.8) is 0 Å². The highest BCUT2D eigenvalue weighted by Crippen LogP contribution is 2.30. The summed E-state index contributed by atoms with van der Waals surface area (Å²) in [6.45, 7) is 5.84. The van der Waals surface area contributed by atoms with Gasteiger partial charge < -0.3 is 19.3 Å². The second-order valence-electron chi connectivity index (χ2n) is 6.66. The monoisotopic (exact) mass is 322 g/mol. The third kappa shape index (κ3) is 4.54. The second kappa shape index (κ2) is 7.45. The van der Waals surface area contributed by atoms with Gasteiger partial charge in [0.1, 0.15) is 5.76 Å². The molecule has 2 atom stereocenters. The van der Waals surface area contributed by atoms with E-state index in [-0.39, 0.29) is 18.1 Å². The minimum absolute atomic E-state index is 0.0283. The zero-order chi connectivity index (χ0) is 16.2. The summed E-state index contributed by atoms with van der Waals surface area (Å²) in [5.41, 5.74) is 1.89. The van der Waals surface area contributed by atoms with Gasteiger partial charge in [-0.2, -0.15) is 0 Å². The smallest absolute Gasteiger partial charge is 0.220 e. The zero-order valence-corrected chi connectivity index (χ0v) is 14.0. The van der Waals surface area contributed by atoms with Crippen LogP contribution in [-0.4, -0.2) is 43.0 Å². The normalized spacial score (nSPS) is 24.6. The molecule has 0 radical (unpaired) electrons. The summed E-state index contributed by atoms with van der Waals surface area (Å²) in [4.78, 5) is 12.3. The van der Waals surface area contributed by atoms with Gasteiger partial charge in [-0.1, -0.05) is 5.16 Å². The summed E-state index contributed by atoms with van der Waals surface area (Å²) in [5, 5.41) is 7.00. The van der Waals surface area contributed by atoms with E-state index in [1.807, 2.05) is 13.8 Å². The van der Waals surface area contributed by atoms with E-state index < -0.39 is 0 Å². The minimum atomic E-state index is -0.0420. The van der Waals surface area contributed by atoms with Gasteiger partial charge in [0.15, 0.2) is 0 Å². The average Bonchev–Trinajstić information content (AvgIpc) is 3.31. The fourth-order valence-electron chi connectivity index (χ4n) is 2.97. The fraction of sp³-hybridized carbons (Fsp3) is 0.765. The number of amides is 1. The highest BCUT2D eigenvalue weighted by atomic mass is 16.5. The molecule has 0 bridgehead atoms. The maximum absolute atomic E-state index is 12.3. The molecule has 1 aromatic rings. The predicted molar refractivity (Wildman–Crippen MR) is 84.1 cm³/mol. The Morgan fingerprint density at radius 1 is 1.35 bits per heavy atom. The molecule has 1 aromatic heterocycles. The summed E-state index contributed by atoms with van der Waals surface area (Å²) < 4.78 is 16.6. The van der Waals surface area contributed by atoms with Crippen molar-refractivity contribution < 1.29 is 18.8 Å². The summed E-state index contributed by atoms with van der Waals surface area (Å²) >= 11 is 0. The Bertz CT molecular complexity index is 519. The summed E-state index contributed by atoms with van der Waals surface area (Å²) in [6, 6.07) is -0.0420. The number of rotatable bonds is 7. The van der Waals surface area contributed by atoms with Crippen LogP contribution in [0.5, 0.6) is 0 Å². The van der Waals surface area contributed by atoms with Crippen LogP contribution in [0.4, 0.5) is 0 Å². The van der Waals surface area contributed by atoms with E-state index in [1.54, 1.807) is 0 Å². The molecule has 3 rings (SSSR count). The van der Waals surface area contributed by atoms with Gasteiger partial charge in [0.05, 0.1) is 24.4 Å². The highest BCUT2D eigenvalue weighted by Gasteiger charge is 2.30. The molecule has 6 nitrogen and oxygen atoms in total. The lowest BCUT2D eigenvalue weighted by Crippen LogP contribution is -2.50. The van der Waals surface area contributed by atoms with Crippen molar-refractivity contribution in [2.75, 3.05) is 19.8 Å². The van der Waals surface area contributed by atoms with E-state index in [2.05, 4.69) is 10.5 Å². The van der Waals surface area contributed by atoms with Crippen molar-refractivity contribution in [3.05, 3.63) is 17.0 Å². The molecule has 1 aliphatic carbocycles. The summed E-state index contributed by atoms with van der Waals surface area (Å²) in [5.74, 6) is 1.55. The van der Waals surface area contributed by atoms with Crippen molar-refractivity contribution in [1.82, 2.24) is 10.5 Å². The molecular formula is C17H26N2O4. The van der Waals surface area contributed by atoms with Crippen LogP contribution >= 0.6 is 0 Å². The van der Waals surface area contributed by atoms with Crippen LogP contribution < -0.4 is 5.32 Å². The Morgan fingerprint density at radius 3 is 2.87 bits per heavy atom. The van der Waals surface area contributed by atoms with E-state index in [0.29, 0.717) is 26.1 Å². The molecule has 2 heterocycles. The highest BCUT2D eigenvalue weighted by molar-refractivity contribution is 5.76. The first-order valence-corrected chi connectivity index (χ1v) is 8.54. The molecular weight excluding hydrogens is 296 g/mol. The summed E-state index contributed by atoms with van der Waals surface area (Å²) in [7, 11) is 0. The first-order chi connectivity index (χ1) is 11.1. The number of aromatic nitrogens is 1. The van der Waals surface area contributed by atoms with Crippen LogP contribution in [-0.2, 0) is 20.7 Å². The topological polar surface area (TPSA) is 73.6 Å². The van der Waals surface area contributed by atoms with E-state index in [0.717, 1.165) is 36.0 Å². The molecule has 1 saturated carbocycles. The maximum Gasteiger partial charge on any atom is 0.220 e. The number of nitrogens with one attached hydrogen (secondary N) is 1. The first kappa shape index (κ1) is 16.5. The number of nitrogens with zero attached hydrogens (tertiary/aromatic N) is 1. The van der Waals surface area contributed by atoms with Crippen LogP contribution in [0.25, 0.3) is 0 Å². The lowest BCUT2D eigenvalue weighted by Gasteiger charge is -2.32. The SMILES string of the molecule is Cc1noc(C)c1CCC(=O)N[C@@H]1COCC[C@@H]1OCC1CC1. The number of carbonyl (C=O) groups is 1. The molecule has 2 fully saturated rings. The van der Waals surface area contributed by atoms with Crippen LogP contribution in [0, 0.1) is 19.8 Å². The van der Waals surface area contributed by atoms with E-state index in [1.165, 1.54) is 12.8 Å². The Labute approximate surface area is 136 Å². The lowest BCUT2D eigenvalue weighted by atomic mass is 10.0. The van der Waals surface area contributed by atoms with Gasteiger partial charge in [-0.25, -0.2) is 0 Å². The molecule has 0 spiro atoms. The maximum atomic E-state index is 12.3. The minimum Gasteiger partial charge on any atom is -0.379 e. The molecule has 0 unspecified atom stereocenters. The fourth-order valence-corrected chi connectivity index (χ4v) is 2.97. The quantitative estimate of drug-likeness (QED) is 0.830. The standard InChI is InChI=1S/C17H26N2O4/c1-11-14(12(2)23-19-11)5-6-17(20)18-15-10-21-8-7-16(15)22-9-13-3-4-13/h13,15-16H,3-10H2,1-2H3,(H,18,20)/t15-,16+/m1/s1. The Hall–Kier alpha value is -1.40. The number of ether oxygens (including phenoxy) is 2. The largest absolute Gasteiger partial charge is 0.379 e. The van der Waals surface area contributed by atoms with Crippen molar-refractivity contribution >= 4 is 5.91 Å². The molecule has 128 valence electrons. The summed E-state index contributed by atoms with van der Waals surface area (Å²) in [6.07, 6.45) is 4.55. The van der Waals surface area contributed by atoms with Crippen LogP contribution in [0.1, 0.15) is 42.7 Å². The molecule has 1 amide bonds. The van der Waals surface area contributed by atoms with Gasteiger partial charge in [0, 0.05) is 25.2 Å². The van der Waals surface area contributed by atoms with E-state index in [9.17, 15) is 4.79 Å². The van der Waals surface area contributed by atoms with Crippen molar-refractivity contribution in [3.8, 4) is 0 Å². The molecule has 23 heavy (non-hydrogen) atoms. The van der Waals surface area contributed by atoms with Crippen molar-refractivity contribution in [2.45, 2.75) is 58.1 Å². The van der Waals surface area contributed by atoms with Gasteiger partial charge in [-0.3, -0.25) is 4.79 Å². The Kier molecular flexibility index (Phi) is 5.33. The lowest BCUT2D eigenvalue weighted by molar-refractivity contribution is -0.126. The Morgan fingerprint density at radius 2 is 2.17 bits per heavy atom. The average molecular weight is 322 g/mol.